The smallest absolute Gasteiger partial charge is 0.409 e. The number of methoxy groups -OCH3 is 2. The summed E-state index contributed by atoms with van der Waals surface area (Å²) < 4.78 is 29.7. The average molecular weight is 2060 g/mol. The Labute approximate surface area is 856 Å². The molecule has 4 fully saturated rings. The molecule has 5 aliphatic rings. The molecule has 5 aliphatic heterocycles. The number of amides is 15. The van der Waals surface area contributed by atoms with Crippen LogP contribution >= 0.6 is 23.4 Å². The zero-order chi connectivity index (χ0) is 106. The Balaban J connectivity index is 0.715. The number of ether oxygens (including phenoxy) is 5. The van der Waals surface area contributed by atoms with Gasteiger partial charge in [0.25, 0.3) is 0 Å². The van der Waals surface area contributed by atoms with E-state index in [0.717, 1.165) is 37.6 Å². The molecule has 16 N–H and O–H groups in total. The second-order valence-electron chi connectivity index (χ2n) is 38.4. The number of hydrogen-bond acceptors (Lipinski definition) is 26. The number of benzene rings is 5. The van der Waals surface area contributed by atoms with Crippen molar-refractivity contribution in [3.05, 3.63) is 184 Å². The van der Waals surface area contributed by atoms with E-state index in [1.54, 1.807) is 129 Å². The maximum absolute atomic E-state index is 15.5. The van der Waals surface area contributed by atoms with E-state index in [2.05, 4.69) is 58.2 Å². The molecule has 0 spiro atoms. The largest absolute Gasteiger partial charge is 0.508 e. The normalized spacial score (nSPS) is 25.0. The minimum Gasteiger partial charge on any atom is -0.508 e. The number of phenolic OH excluding ortho intramolecular Hbond substituents is 1. The molecule has 788 valence electrons. The molecule has 5 aromatic carbocycles. The Morgan fingerprint density at radius 3 is 2.03 bits per heavy atom. The number of allylic oxidation sites excluding steroid dienone is 3. The van der Waals surface area contributed by atoms with Gasteiger partial charge in [-0.2, -0.15) is 0 Å². The Bertz CT molecular complexity index is 5760. The number of epoxide rings is 1. The minimum atomic E-state index is -1.95. The van der Waals surface area contributed by atoms with Crippen molar-refractivity contribution >= 4 is 135 Å². The molecule has 146 heavy (non-hydrogen) atoms. The van der Waals surface area contributed by atoms with E-state index in [-0.39, 0.29) is 112 Å². The molecule has 1 unspecified atom stereocenters. The number of para-hydroxylation sites is 1. The van der Waals surface area contributed by atoms with Crippen molar-refractivity contribution in [3.63, 3.8) is 0 Å². The molecule has 15 amide bonds. The average Bonchev–Trinajstić information content (AvgIpc) is 1.57. The van der Waals surface area contributed by atoms with Crippen LogP contribution in [0.15, 0.2) is 151 Å². The zero-order valence-electron chi connectivity index (χ0n) is 84.1. The lowest BCUT2D eigenvalue weighted by Crippen LogP contribution is -2.63. The Kier molecular flexibility index (Phi) is 40.4. The van der Waals surface area contributed by atoms with Crippen LogP contribution in [-0.2, 0) is 123 Å². The fourth-order valence-corrected chi connectivity index (χ4v) is 19.8. The first kappa shape index (κ1) is 113. The van der Waals surface area contributed by atoms with E-state index in [9.17, 15) is 77.6 Å². The predicted octanol–water partition coefficient (Wildman–Crippen LogP) is 4.12. The number of hydrogen-bond donors (Lipinski definition) is 15. The second kappa shape index (κ2) is 52.1. The SMILES string of the molecule is COc1cc2cc(c1Cl)N(C)C(=O)C[C@H](OC(=O)[C@H](C)N(C)C(=O)CCSC1CC(=O)N(CCCNC(=O)[C@H](CC(C)C)NC(=O)[C@H](Cc3ccccc3)NC(=O)CNC(=O)CC[C@H]3C(=O)N[C@@H](Cc4ccc(O)cc4)C(=O)N[C@H](Cc4c[nH]c5ccccc45)C(=O)N[C@@H](CCCCN)C(=O)N[C@@H]([C@@H](C)O)C(=O)N[C@@H](Cc4ccccc4)C(=O)N3C)C1=O)[C@]1(C)O[C@H]1[C@H](C)[C@@H]1C[C@@](O)(NC(=O)O1)[C@H](OC)/C=C/C=C(\C)C2. The highest BCUT2D eigenvalue weighted by atomic mass is 35.5. The van der Waals surface area contributed by atoms with E-state index in [0.29, 0.717) is 58.1 Å². The molecule has 6 heterocycles. The molecule has 40 nitrogen and oxygen atoms in total. The van der Waals surface area contributed by atoms with Crippen LogP contribution in [0.5, 0.6) is 11.5 Å². The van der Waals surface area contributed by atoms with E-state index < -0.39 is 228 Å². The van der Waals surface area contributed by atoms with Gasteiger partial charge in [-0.05, 0) is 143 Å². The predicted molar refractivity (Wildman–Crippen MR) is 541 cm³/mol. The molecule has 4 bridgehead atoms. The summed E-state index contributed by atoms with van der Waals surface area (Å²) in [7, 11) is 6.97. The summed E-state index contributed by atoms with van der Waals surface area (Å²) in [6.07, 6.45) is -1.64. The van der Waals surface area contributed by atoms with Crippen LogP contribution in [0.25, 0.3) is 10.9 Å². The van der Waals surface area contributed by atoms with Gasteiger partial charge in [-0.1, -0.05) is 147 Å². The third kappa shape index (κ3) is 30.2. The molecule has 0 aliphatic carbocycles. The maximum atomic E-state index is 15.5. The van der Waals surface area contributed by atoms with Gasteiger partial charge in [0.2, 0.25) is 82.7 Å². The van der Waals surface area contributed by atoms with Crippen LogP contribution in [0, 0.1) is 11.8 Å². The van der Waals surface area contributed by atoms with Gasteiger partial charge in [-0.15, -0.1) is 11.8 Å². The number of halogens is 1. The number of nitrogens with one attached hydrogen (secondary N) is 11. The quantitative estimate of drug-likeness (QED) is 0.0113. The van der Waals surface area contributed by atoms with Crippen molar-refractivity contribution in [2.24, 2.45) is 17.6 Å². The number of carbonyl (C=O) groups excluding carboxylic acids is 16. The number of carbonyl (C=O) groups is 16. The van der Waals surface area contributed by atoms with Gasteiger partial charge in [0.05, 0.1) is 43.2 Å². The summed E-state index contributed by atoms with van der Waals surface area (Å²) in [5, 5.41) is 60.5. The number of nitrogens with zero attached hydrogens (tertiary/aromatic N) is 4. The Morgan fingerprint density at radius 1 is 0.705 bits per heavy atom. The van der Waals surface area contributed by atoms with E-state index >= 15 is 14.4 Å². The highest BCUT2D eigenvalue weighted by Crippen LogP contribution is 2.50. The van der Waals surface area contributed by atoms with Gasteiger partial charge >= 0.3 is 12.1 Å². The molecule has 6 aromatic rings. The van der Waals surface area contributed by atoms with Gasteiger partial charge < -0.3 is 112 Å². The van der Waals surface area contributed by atoms with Gasteiger partial charge in [0.15, 0.2) is 5.72 Å². The number of alkyl carbamates (subject to hydrolysis) is 1. The lowest BCUT2D eigenvalue weighted by Gasteiger charge is -2.42. The minimum absolute atomic E-state index is 0.0151. The standard InChI is InChI=1S/C104H135ClN16O24S/c1-58(2)45-72(92(129)107-42-24-43-121-88(128)53-81(100(121)137)146-44-40-86(126)118(8)61(5)101(138)144-83-54-87(127)119(9)78-50-66(51-79(141-11)89(78)105)46-59(3)25-23-33-82(142-12)104(140)55-80(143-102(139)117-104)60(4)91-103(83,7)145-91)112-94(131)73(47-63-26-15-13-16-27-63)110-85(125)57-109-84(124)39-38-77-97(134)114-74(48-65-34-36-68(123)37-35-65)95(132)113-75(52-67-56-108-70-31-20-19-30-69(67)70)96(133)111-71(32-21-22-41-106)93(130)116-90(62(6)122)98(135)115-76(99(136)120(77)10)49-64-28-17-14-18-29-64/h13-20,23,25-31,33-37,50-51,56,58,60-62,71-77,80-83,90-91,108,122-123,140H,21-22,24,32,38-49,52-55,57,106H2,1-12H3,(H,107,129)(H,109,124)(H,110,125)(H,111,133)(H,112,131)(H,113,132)(H,114,134)(H,115,135)(H,116,130)(H,117,139)/b33-23+,59-25+/t60-,61+,62-,71+,72+,73+,74+,75-,76+,77+,80+,81?,82-,83+,90+,91+,103+,104+/m1/s1. The van der Waals surface area contributed by atoms with Gasteiger partial charge in [0, 0.05) is 121 Å². The first-order valence-electron chi connectivity index (χ1n) is 49.0. The van der Waals surface area contributed by atoms with Crippen LogP contribution in [0.2, 0.25) is 5.02 Å². The van der Waals surface area contributed by atoms with Crippen LogP contribution in [0.4, 0.5) is 10.5 Å². The summed E-state index contributed by atoms with van der Waals surface area (Å²) in [6.45, 7) is 10.8. The number of anilines is 1. The molecule has 1 aromatic heterocycles. The number of esters is 1. The molecule has 42 heteroatoms. The van der Waals surface area contributed by atoms with E-state index in [1.165, 1.54) is 78.4 Å². The summed E-state index contributed by atoms with van der Waals surface area (Å²) >= 11 is 7.96. The van der Waals surface area contributed by atoms with E-state index in [1.807, 2.05) is 26.8 Å². The highest BCUT2D eigenvalue weighted by molar-refractivity contribution is 8.00. The van der Waals surface area contributed by atoms with Crippen molar-refractivity contribution in [2.45, 2.75) is 253 Å². The van der Waals surface area contributed by atoms with Gasteiger partial charge in [0.1, 0.15) is 94.8 Å². The van der Waals surface area contributed by atoms with Crippen LogP contribution in [0.1, 0.15) is 147 Å². The number of thioether (sulfide) groups is 1. The molecular formula is C104H135ClN16O24S. The molecular weight excluding hydrogens is 1920 g/mol. The number of likely N-dealkylation sites (N-methyl/N-ethyl adjacent to an activating group) is 2. The fraction of sp³-hybridized carbons (Fsp3) is 0.500. The molecule has 4 saturated heterocycles. The number of H-pyrrole nitrogens is 1. The lowest BCUT2D eigenvalue weighted by atomic mass is 9.83. The summed E-state index contributed by atoms with van der Waals surface area (Å²) in [6, 6.07) is 20.1. The van der Waals surface area contributed by atoms with Crippen LogP contribution in [-0.4, -0.2) is 299 Å². The third-order valence-corrected chi connectivity index (χ3v) is 28.6. The number of rotatable bonds is 37. The second-order valence-corrected chi connectivity index (χ2v) is 40.1. The van der Waals surface area contributed by atoms with Crippen molar-refractivity contribution in [3.8, 4) is 11.5 Å². The van der Waals surface area contributed by atoms with Crippen molar-refractivity contribution in [2.75, 3.05) is 72.2 Å². The highest BCUT2D eigenvalue weighted by Gasteiger charge is 2.65. The first-order chi connectivity index (χ1) is 69.5. The first-order valence-corrected chi connectivity index (χ1v) is 50.5. The monoisotopic (exact) mass is 2060 g/mol. The van der Waals surface area contributed by atoms with Crippen LogP contribution < -0.4 is 68.5 Å². The molecule has 0 saturated carbocycles. The number of aromatic nitrogens is 1. The maximum Gasteiger partial charge on any atom is 0.409 e. The zero-order valence-corrected chi connectivity index (χ0v) is 85.7. The molecule has 11 rings (SSSR count). The number of fused-ring (bicyclic) bond motifs is 6. The third-order valence-electron chi connectivity index (χ3n) is 27.0. The summed E-state index contributed by atoms with van der Waals surface area (Å²) in [5.41, 5.74) is 7.17. The molecule has 18 atom stereocenters. The Morgan fingerprint density at radius 2 is 1.35 bits per heavy atom. The number of nitrogens with two attached hydrogens (primary N) is 1. The number of aromatic hydroxyl groups is 1. The number of likely N-dealkylation sites (tertiary alicyclic amines) is 1. The number of imide groups is 1. The number of aromatic amines is 1. The van der Waals surface area contributed by atoms with Crippen molar-refractivity contribution in [1.29, 1.82) is 0 Å². The summed E-state index contributed by atoms with van der Waals surface area (Å²) in [5.74, 6) is -12.4. The topological polar surface area (TPSA) is 558 Å². The van der Waals surface area contributed by atoms with E-state index in [4.69, 9.17) is 41.0 Å². The number of aliphatic hydroxyl groups excluding tert-OH is 1. The lowest BCUT2D eigenvalue weighted by molar-refractivity contribution is -0.162. The fourth-order valence-electron chi connectivity index (χ4n) is 18.3. The van der Waals surface area contributed by atoms with Crippen molar-refractivity contribution < 1.29 is 116 Å². The van der Waals surface area contributed by atoms with Gasteiger partial charge in [-0.25, -0.2) is 9.59 Å². The van der Waals surface area contributed by atoms with Gasteiger partial charge in [-0.3, -0.25) is 77.3 Å². The summed E-state index contributed by atoms with van der Waals surface area (Å²) in [4.78, 5) is 239. The van der Waals surface area contributed by atoms with Crippen molar-refractivity contribution in [1.82, 2.24) is 72.9 Å². The molecule has 0 radical (unpaired) electrons. The number of phenols is 1. The van der Waals surface area contributed by atoms with Crippen LogP contribution in [0.3, 0.4) is 0 Å². The number of unbranched alkanes of at least 4 members (excludes halogenated alkanes) is 1. The number of aliphatic hydroxyl groups is 2. The Hall–Kier alpha value is -13.3.